The smallest absolute Gasteiger partial charge is 0.342 e. The molecule has 0 spiro atoms. The number of nitrogens with zero attached hydrogens (tertiary/aromatic N) is 1. The second-order valence-electron chi connectivity index (χ2n) is 3.85. The Morgan fingerprint density at radius 2 is 2.00 bits per heavy atom. The van der Waals surface area contributed by atoms with Gasteiger partial charge in [0.05, 0.1) is 12.6 Å². The van der Waals surface area contributed by atoms with E-state index in [-0.39, 0.29) is 28.7 Å². The van der Waals surface area contributed by atoms with Crippen molar-refractivity contribution in [2.75, 3.05) is 13.2 Å². The fourth-order valence-corrected chi connectivity index (χ4v) is 4.08. The summed E-state index contributed by atoms with van der Waals surface area (Å²) in [5.41, 5.74) is -0.501. The van der Waals surface area contributed by atoms with E-state index in [0.29, 0.717) is 0 Å². The summed E-state index contributed by atoms with van der Waals surface area (Å²) < 4.78 is 36.9. The largest absolute Gasteiger partial charge is 0.613 e. The van der Waals surface area contributed by atoms with Gasteiger partial charge in [0, 0.05) is 5.56 Å². The predicted molar refractivity (Wildman–Crippen MR) is 73.3 cm³/mol. The van der Waals surface area contributed by atoms with Gasteiger partial charge >= 0.3 is 5.97 Å². The van der Waals surface area contributed by atoms with Gasteiger partial charge in [0.25, 0.3) is 10.0 Å². The summed E-state index contributed by atoms with van der Waals surface area (Å²) in [6.07, 6.45) is 0. The highest BCUT2D eigenvalue weighted by molar-refractivity contribution is 7.92. The Hall–Kier alpha value is -1.87. The molecule has 0 saturated heterocycles. The molecule has 0 aliphatic carbocycles. The minimum Gasteiger partial charge on any atom is -0.613 e. The topological polar surface area (TPSA) is 105 Å². The van der Waals surface area contributed by atoms with Crippen molar-refractivity contribution in [1.29, 1.82) is 0 Å². The van der Waals surface area contributed by atoms with Crippen molar-refractivity contribution in [3.05, 3.63) is 28.5 Å². The van der Waals surface area contributed by atoms with Crippen LogP contribution in [0.25, 0.3) is 0 Å². The van der Waals surface area contributed by atoms with Crippen LogP contribution >= 0.6 is 11.3 Å². The van der Waals surface area contributed by atoms with Crippen LogP contribution in [0.5, 0.6) is 0 Å². The standard InChI is InChI=1S/C12H13NO6S2/c1-3-18-10(14)8(11(15)19-4-2)9-7-5-6-20-12(7)21(16,17)13-9/h5-6,14H,3-4H2,1-2H3/p-1/b10-8-. The molecule has 0 bridgehead atoms. The molecule has 21 heavy (non-hydrogen) atoms. The molecular weight excluding hydrogens is 318 g/mol. The molecule has 0 unspecified atom stereocenters. The number of thiophene rings is 1. The number of esters is 1. The first-order valence-corrected chi connectivity index (χ1v) is 8.38. The Labute approximate surface area is 125 Å². The van der Waals surface area contributed by atoms with Gasteiger partial charge in [-0.3, -0.25) is 0 Å². The lowest BCUT2D eigenvalue weighted by atomic mass is 10.1. The van der Waals surface area contributed by atoms with Gasteiger partial charge in [0.1, 0.15) is 11.3 Å². The van der Waals surface area contributed by atoms with Gasteiger partial charge in [-0.15, -0.1) is 11.3 Å². The summed E-state index contributed by atoms with van der Waals surface area (Å²) >= 11 is 0.970. The second kappa shape index (κ2) is 5.86. The lowest BCUT2D eigenvalue weighted by molar-refractivity contribution is -0.357. The number of sulfonamides is 1. The van der Waals surface area contributed by atoms with E-state index < -0.39 is 27.5 Å². The molecular formula is C12H12NO6S2-. The summed E-state index contributed by atoms with van der Waals surface area (Å²) in [6, 6.07) is 1.49. The summed E-state index contributed by atoms with van der Waals surface area (Å²) in [6.45, 7) is 3.23. The minimum absolute atomic E-state index is 0.00333. The molecule has 114 valence electrons. The molecule has 0 aromatic carbocycles. The molecule has 0 amide bonds. The van der Waals surface area contributed by atoms with Crippen LogP contribution in [-0.2, 0) is 24.3 Å². The Bertz CT molecular complexity index is 729. The first-order valence-electron chi connectivity index (χ1n) is 6.06. The van der Waals surface area contributed by atoms with Crippen molar-refractivity contribution in [3.63, 3.8) is 0 Å². The van der Waals surface area contributed by atoms with Gasteiger partial charge < -0.3 is 14.6 Å². The fraction of sp³-hybridized carbons (Fsp3) is 0.333. The third-order valence-electron chi connectivity index (χ3n) is 2.53. The van der Waals surface area contributed by atoms with E-state index in [4.69, 9.17) is 9.47 Å². The molecule has 0 radical (unpaired) electrons. The van der Waals surface area contributed by atoms with Crippen molar-refractivity contribution < 1.29 is 27.8 Å². The van der Waals surface area contributed by atoms with Crippen LogP contribution in [0.2, 0.25) is 0 Å². The average molecular weight is 330 g/mol. The Kier molecular flexibility index (Phi) is 4.33. The van der Waals surface area contributed by atoms with E-state index in [2.05, 4.69) is 4.40 Å². The van der Waals surface area contributed by atoms with E-state index in [1.54, 1.807) is 19.2 Å². The van der Waals surface area contributed by atoms with Gasteiger partial charge in [0.15, 0.2) is 4.21 Å². The van der Waals surface area contributed by atoms with E-state index in [0.717, 1.165) is 11.3 Å². The second-order valence-corrected chi connectivity index (χ2v) is 6.57. The first kappa shape index (κ1) is 15.5. The van der Waals surface area contributed by atoms with Gasteiger partial charge in [-0.2, -0.15) is 12.8 Å². The minimum atomic E-state index is -3.88. The molecule has 1 aromatic heterocycles. The number of rotatable bonds is 5. The van der Waals surface area contributed by atoms with Crippen molar-refractivity contribution in [3.8, 4) is 0 Å². The van der Waals surface area contributed by atoms with Crippen molar-refractivity contribution in [1.82, 2.24) is 0 Å². The van der Waals surface area contributed by atoms with Gasteiger partial charge in [-0.25, -0.2) is 4.79 Å². The number of carbonyl (C=O) groups excluding carboxylic acids is 1. The van der Waals surface area contributed by atoms with Crippen LogP contribution in [-0.4, -0.2) is 33.3 Å². The zero-order valence-corrected chi connectivity index (χ0v) is 12.9. The molecule has 1 aromatic rings. The normalized spacial score (nSPS) is 16.8. The van der Waals surface area contributed by atoms with E-state index in [9.17, 15) is 18.3 Å². The molecule has 9 heteroatoms. The number of hydrogen-bond donors (Lipinski definition) is 0. The summed E-state index contributed by atoms with van der Waals surface area (Å²) in [5, 5.41) is 13.5. The number of hydrogen-bond acceptors (Lipinski definition) is 7. The van der Waals surface area contributed by atoms with Crippen LogP contribution in [0.1, 0.15) is 19.4 Å². The molecule has 0 atom stereocenters. The van der Waals surface area contributed by atoms with Crippen molar-refractivity contribution in [2.45, 2.75) is 18.1 Å². The zero-order chi connectivity index (χ0) is 15.6. The van der Waals surface area contributed by atoms with Crippen LogP contribution in [0.4, 0.5) is 0 Å². The molecule has 1 aliphatic rings. The highest BCUT2D eigenvalue weighted by Crippen LogP contribution is 2.34. The van der Waals surface area contributed by atoms with E-state index in [1.165, 1.54) is 6.07 Å². The molecule has 2 rings (SSSR count). The summed E-state index contributed by atoms with van der Waals surface area (Å²) in [4.78, 5) is 12.0. The molecule has 2 heterocycles. The zero-order valence-electron chi connectivity index (χ0n) is 11.3. The number of carbonyl (C=O) groups is 1. The van der Waals surface area contributed by atoms with Crippen molar-refractivity contribution >= 4 is 33.0 Å². The maximum Gasteiger partial charge on any atom is 0.342 e. The van der Waals surface area contributed by atoms with Gasteiger partial charge in [-0.1, -0.05) is 6.92 Å². The van der Waals surface area contributed by atoms with Crippen LogP contribution < -0.4 is 5.11 Å². The van der Waals surface area contributed by atoms with Crippen LogP contribution in [0.3, 0.4) is 0 Å². The Morgan fingerprint density at radius 1 is 1.33 bits per heavy atom. The molecule has 0 saturated carbocycles. The first-order chi connectivity index (χ1) is 9.92. The highest BCUT2D eigenvalue weighted by atomic mass is 32.2. The lowest BCUT2D eigenvalue weighted by Gasteiger charge is -2.17. The maximum absolute atomic E-state index is 12.0. The molecule has 1 aliphatic heterocycles. The van der Waals surface area contributed by atoms with Gasteiger partial charge in [-0.05, 0) is 25.0 Å². The average Bonchev–Trinajstić information content (AvgIpc) is 2.95. The molecule has 7 nitrogen and oxygen atoms in total. The summed E-state index contributed by atoms with van der Waals surface area (Å²) in [5.74, 6) is -1.91. The Balaban J connectivity index is 2.60. The monoisotopic (exact) mass is 330 g/mol. The third-order valence-corrected chi connectivity index (χ3v) is 5.26. The van der Waals surface area contributed by atoms with Gasteiger partial charge in [0.2, 0.25) is 0 Å². The van der Waals surface area contributed by atoms with Crippen LogP contribution in [0, 0.1) is 0 Å². The van der Waals surface area contributed by atoms with E-state index >= 15 is 0 Å². The van der Waals surface area contributed by atoms with E-state index in [1.807, 2.05) is 0 Å². The maximum atomic E-state index is 12.0. The predicted octanol–water partition coefficient (Wildman–Crippen LogP) is 0.411. The summed E-state index contributed by atoms with van der Waals surface area (Å²) in [7, 11) is -3.88. The molecule has 0 N–H and O–H groups in total. The molecule has 0 fully saturated rings. The number of ether oxygens (including phenoxy) is 2. The van der Waals surface area contributed by atoms with Crippen LogP contribution in [0.15, 0.2) is 31.6 Å². The number of fused-ring (bicyclic) bond motifs is 1. The lowest BCUT2D eigenvalue weighted by Crippen LogP contribution is -2.24. The SMILES string of the molecule is CCOC(=O)/C(C1=NS(=O)(=O)c2sccc21)=C(/[O-])OCC. The fourth-order valence-electron chi connectivity index (χ4n) is 1.75. The highest BCUT2D eigenvalue weighted by Gasteiger charge is 2.35. The Morgan fingerprint density at radius 3 is 2.62 bits per heavy atom. The quantitative estimate of drug-likeness (QED) is 0.440. The van der Waals surface area contributed by atoms with Crippen molar-refractivity contribution in [2.24, 2.45) is 4.40 Å². The third kappa shape index (κ3) is 2.79.